The van der Waals surface area contributed by atoms with E-state index in [0.717, 1.165) is 5.92 Å². The third-order valence-corrected chi connectivity index (χ3v) is 3.61. The quantitative estimate of drug-likeness (QED) is 0.709. The lowest BCUT2D eigenvalue weighted by Gasteiger charge is -2.45. The summed E-state index contributed by atoms with van der Waals surface area (Å²) >= 11 is 0. The zero-order valence-electron chi connectivity index (χ0n) is 9.45. The van der Waals surface area contributed by atoms with Gasteiger partial charge in [-0.2, -0.15) is 0 Å². The molecule has 0 aromatic rings. The Bertz CT molecular complexity index is 187. The average Bonchev–Trinajstić information content (AvgIpc) is 2.42. The summed E-state index contributed by atoms with van der Waals surface area (Å²) in [7, 11) is 4.31. The molecule has 0 aromatic carbocycles. The molecule has 2 fully saturated rings. The molecule has 0 spiro atoms. The molecule has 82 valence electrons. The van der Waals surface area contributed by atoms with Gasteiger partial charge < -0.3 is 10.6 Å². The SMILES string of the molecule is CN(C)CC1CN(C2CCCC2N)C1. The van der Waals surface area contributed by atoms with E-state index in [4.69, 9.17) is 5.73 Å². The van der Waals surface area contributed by atoms with Crippen molar-refractivity contribution in [1.29, 1.82) is 0 Å². The lowest BCUT2D eigenvalue weighted by molar-refractivity contribution is 0.0353. The zero-order chi connectivity index (χ0) is 10.1. The van der Waals surface area contributed by atoms with Gasteiger partial charge in [0.05, 0.1) is 0 Å². The summed E-state index contributed by atoms with van der Waals surface area (Å²) in [6, 6.07) is 1.16. The number of likely N-dealkylation sites (tertiary alicyclic amines) is 1. The monoisotopic (exact) mass is 197 g/mol. The van der Waals surface area contributed by atoms with Gasteiger partial charge in [0.1, 0.15) is 0 Å². The van der Waals surface area contributed by atoms with Crippen LogP contribution in [0.1, 0.15) is 19.3 Å². The molecule has 0 aromatic heterocycles. The highest BCUT2D eigenvalue weighted by Gasteiger charge is 2.37. The minimum atomic E-state index is 0.454. The topological polar surface area (TPSA) is 32.5 Å². The second-order valence-corrected chi connectivity index (χ2v) is 5.24. The van der Waals surface area contributed by atoms with E-state index in [9.17, 15) is 0 Å². The molecule has 2 atom stereocenters. The number of rotatable bonds is 3. The van der Waals surface area contributed by atoms with Gasteiger partial charge in [0.15, 0.2) is 0 Å². The van der Waals surface area contributed by atoms with Gasteiger partial charge in [0.25, 0.3) is 0 Å². The van der Waals surface area contributed by atoms with Crippen LogP contribution in [0.2, 0.25) is 0 Å². The largest absolute Gasteiger partial charge is 0.326 e. The van der Waals surface area contributed by atoms with Gasteiger partial charge in [-0.3, -0.25) is 4.90 Å². The molecular weight excluding hydrogens is 174 g/mol. The van der Waals surface area contributed by atoms with Crippen molar-refractivity contribution in [2.75, 3.05) is 33.7 Å². The van der Waals surface area contributed by atoms with E-state index in [1.54, 1.807) is 0 Å². The highest BCUT2D eigenvalue weighted by atomic mass is 15.2. The van der Waals surface area contributed by atoms with Gasteiger partial charge in [0.2, 0.25) is 0 Å². The summed E-state index contributed by atoms with van der Waals surface area (Å²) in [5, 5.41) is 0. The first kappa shape index (κ1) is 10.4. The van der Waals surface area contributed by atoms with Crippen LogP contribution in [0, 0.1) is 5.92 Å². The molecule has 1 aliphatic heterocycles. The van der Waals surface area contributed by atoms with Gasteiger partial charge in [0, 0.05) is 31.7 Å². The smallest absolute Gasteiger partial charge is 0.0247 e. The second-order valence-electron chi connectivity index (χ2n) is 5.24. The maximum atomic E-state index is 6.08. The van der Waals surface area contributed by atoms with Crippen LogP contribution >= 0.6 is 0 Å². The Morgan fingerprint density at radius 3 is 2.50 bits per heavy atom. The van der Waals surface area contributed by atoms with Gasteiger partial charge in [-0.1, -0.05) is 6.42 Å². The normalized spacial score (nSPS) is 35.1. The molecule has 14 heavy (non-hydrogen) atoms. The van der Waals surface area contributed by atoms with Crippen molar-refractivity contribution in [2.45, 2.75) is 31.3 Å². The van der Waals surface area contributed by atoms with E-state index in [0.29, 0.717) is 12.1 Å². The van der Waals surface area contributed by atoms with E-state index >= 15 is 0 Å². The van der Waals surface area contributed by atoms with E-state index in [1.165, 1.54) is 38.9 Å². The Kier molecular flexibility index (Phi) is 3.10. The van der Waals surface area contributed by atoms with Crippen molar-refractivity contribution in [3.05, 3.63) is 0 Å². The first-order chi connectivity index (χ1) is 6.66. The molecule has 2 aliphatic rings. The molecule has 2 unspecified atom stereocenters. The maximum Gasteiger partial charge on any atom is 0.0247 e. The standard InChI is InChI=1S/C11H23N3/c1-13(2)6-9-7-14(8-9)11-5-3-4-10(11)12/h9-11H,3-8,12H2,1-2H3. The first-order valence-electron chi connectivity index (χ1n) is 5.81. The predicted octanol–water partition coefficient (Wildman–Crippen LogP) is 0.360. The van der Waals surface area contributed by atoms with Crippen molar-refractivity contribution in [3.63, 3.8) is 0 Å². The van der Waals surface area contributed by atoms with Crippen LogP contribution < -0.4 is 5.73 Å². The van der Waals surface area contributed by atoms with Gasteiger partial charge >= 0.3 is 0 Å². The van der Waals surface area contributed by atoms with Crippen LogP contribution in [-0.2, 0) is 0 Å². The lowest BCUT2D eigenvalue weighted by atomic mass is 9.95. The molecule has 3 nitrogen and oxygen atoms in total. The van der Waals surface area contributed by atoms with Crippen LogP contribution in [0.5, 0.6) is 0 Å². The Labute approximate surface area is 87.2 Å². The van der Waals surface area contributed by atoms with Crippen LogP contribution in [0.3, 0.4) is 0 Å². The van der Waals surface area contributed by atoms with Gasteiger partial charge in [-0.15, -0.1) is 0 Å². The Balaban J connectivity index is 1.72. The van der Waals surface area contributed by atoms with Crippen molar-refractivity contribution in [1.82, 2.24) is 9.80 Å². The van der Waals surface area contributed by atoms with E-state index in [2.05, 4.69) is 23.9 Å². The Hall–Kier alpha value is -0.120. The molecule has 1 saturated carbocycles. The summed E-state index contributed by atoms with van der Waals surface area (Å²) < 4.78 is 0. The number of hydrogen-bond acceptors (Lipinski definition) is 3. The molecule has 3 heteroatoms. The summed E-state index contributed by atoms with van der Waals surface area (Å²) in [4.78, 5) is 4.88. The molecule has 1 saturated heterocycles. The molecule has 0 amide bonds. The van der Waals surface area contributed by atoms with Crippen molar-refractivity contribution < 1.29 is 0 Å². The third kappa shape index (κ3) is 2.10. The Morgan fingerprint density at radius 1 is 1.29 bits per heavy atom. The fraction of sp³-hybridized carbons (Fsp3) is 1.00. The van der Waals surface area contributed by atoms with Gasteiger partial charge in [-0.05, 0) is 32.9 Å². The summed E-state index contributed by atoms with van der Waals surface area (Å²) in [5.74, 6) is 0.887. The van der Waals surface area contributed by atoms with Crippen LogP contribution in [0.15, 0.2) is 0 Å². The molecule has 2 rings (SSSR count). The molecule has 0 radical (unpaired) electrons. The number of nitrogens with zero attached hydrogens (tertiary/aromatic N) is 2. The predicted molar refractivity (Wildman–Crippen MR) is 59.2 cm³/mol. The highest BCUT2D eigenvalue weighted by Crippen LogP contribution is 2.28. The van der Waals surface area contributed by atoms with Crippen molar-refractivity contribution in [3.8, 4) is 0 Å². The highest BCUT2D eigenvalue weighted by molar-refractivity contribution is 4.94. The molecule has 1 aliphatic carbocycles. The molecule has 0 bridgehead atoms. The first-order valence-corrected chi connectivity index (χ1v) is 5.81. The van der Waals surface area contributed by atoms with Crippen LogP contribution in [-0.4, -0.2) is 55.6 Å². The van der Waals surface area contributed by atoms with Crippen molar-refractivity contribution in [2.24, 2.45) is 11.7 Å². The summed E-state index contributed by atoms with van der Waals surface area (Å²) in [5.41, 5.74) is 6.08. The average molecular weight is 197 g/mol. The summed E-state index contributed by atoms with van der Waals surface area (Å²) in [6.45, 7) is 3.78. The molecule has 2 N–H and O–H groups in total. The zero-order valence-corrected chi connectivity index (χ0v) is 9.45. The minimum Gasteiger partial charge on any atom is -0.326 e. The van der Waals surface area contributed by atoms with Gasteiger partial charge in [-0.25, -0.2) is 0 Å². The lowest BCUT2D eigenvalue weighted by Crippen LogP contribution is -2.58. The molecule has 1 heterocycles. The minimum absolute atomic E-state index is 0.454. The molecular formula is C11H23N3. The summed E-state index contributed by atoms with van der Waals surface area (Å²) in [6.07, 6.45) is 3.90. The fourth-order valence-corrected chi connectivity index (χ4v) is 2.93. The number of hydrogen-bond donors (Lipinski definition) is 1. The van der Waals surface area contributed by atoms with Crippen LogP contribution in [0.25, 0.3) is 0 Å². The Morgan fingerprint density at radius 2 is 2.00 bits per heavy atom. The van der Waals surface area contributed by atoms with E-state index in [-0.39, 0.29) is 0 Å². The fourth-order valence-electron chi connectivity index (χ4n) is 2.93. The van der Waals surface area contributed by atoms with Crippen LogP contribution in [0.4, 0.5) is 0 Å². The maximum absolute atomic E-state index is 6.08. The third-order valence-electron chi connectivity index (χ3n) is 3.61. The van der Waals surface area contributed by atoms with Crippen molar-refractivity contribution >= 4 is 0 Å². The van der Waals surface area contributed by atoms with E-state index in [1.807, 2.05) is 0 Å². The number of nitrogens with two attached hydrogens (primary N) is 1. The second kappa shape index (κ2) is 4.17. The van der Waals surface area contributed by atoms with E-state index < -0.39 is 0 Å².